The molecule has 1 aliphatic rings. The summed E-state index contributed by atoms with van der Waals surface area (Å²) < 4.78 is 39.0. The van der Waals surface area contributed by atoms with Crippen molar-refractivity contribution >= 4 is 43.6 Å². The van der Waals surface area contributed by atoms with Crippen LogP contribution in [0, 0.1) is 17.8 Å². The average molecular weight is 552 g/mol. The molecule has 0 heterocycles. The smallest absolute Gasteiger partial charge is 0.344 e. The number of ether oxygens (including phenoxy) is 2. The number of nitrogens with one attached hydrogen (secondary N) is 1. The number of hydrogen-bond donors (Lipinski definition) is 1. The minimum Gasteiger partial charge on any atom is -0.460 e. The fraction of sp³-hybridized carbons (Fsp3) is 0.440. The van der Waals surface area contributed by atoms with Gasteiger partial charge in [0.25, 0.3) is 10.0 Å². The van der Waals surface area contributed by atoms with Gasteiger partial charge in [0.05, 0.1) is 10.5 Å². The zero-order valence-corrected chi connectivity index (χ0v) is 21.9. The second kappa shape index (κ2) is 11.4. The Hall–Kier alpha value is -2.39. The third-order valence-corrected chi connectivity index (χ3v) is 7.99. The van der Waals surface area contributed by atoms with Crippen molar-refractivity contribution < 1.29 is 27.5 Å². The molecule has 2 aromatic carbocycles. The predicted octanol–water partition coefficient (Wildman–Crippen LogP) is 5.41. The van der Waals surface area contributed by atoms with E-state index in [0.717, 1.165) is 23.7 Å². The molecule has 1 aliphatic carbocycles. The van der Waals surface area contributed by atoms with E-state index in [1.54, 1.807) is 12.1 Å². The molecule has 1 saturated carbocycles. The van der Waals surface area contributed by atoms with Crippen LogP contribution in [0.5, 0.6) is 0 Å². The van der Waals surface area contributed by atoms with E-state index < -0.39 is 28.6 Å². The third kappa shape index (κ3) is 7.06. The molecule has 34 heavy (non-hydrogen) atoms. The van der Waals surface area contributed by atoms with Crippen molar-refractivity contribution in [3.8, 4) is 0 Å². The Bertz CT molecular complexity index is 1100. The van der Waals surface area contributed by atoms with Gasteiger partial charge in [0.1, 0.15) is 6.10 Å². The van der Waals surface area contributed by atoms with Crippen LogP contribution >= 0.6 is 15.9 Å². The number of halogens is 1. The van der Waals surface area contributed by atoms with Gasteiger partial charge in [-0.3, -0.25) is 4.72 Å². The lowest BCUT2D eigenvalue weighted by Crippen LogP contribution is -2.36. The van der Waals surface area contributed by atoms with Crippen LogP contribution in [0.3, 0.4) is 0 Å². The highest BCUT2D eigenvalue weighted by molar-refractivity contribution is 9.10. The Morgan fingerprint density at radius 3 is 2.32 bits per heavy atom. The Kier molecular flexibility index (Phi) is 8.76. The molecule has 0 radical (unpaired) electrons. The van der Waals surface area contributed by atoms with Crippen molar-refractivity contribution in [3.05, 3.63) is 58.6 Å². The minimum atomic E-state index is -3.76. The van der Waals surface area contributed by atoms with Gasteiger partial charge < -0.3 is 9.47 Å². The summed E-state index contributed by atoms with van der Waals surface area (Å²) >= 11 is 3.27. The average Bonchev–Trinajstić information content (AvgIpc) is 2.78. The molecule has 0 aliphatic heterocycles. The van der Waals surface area contributed by atoms with Crippen molar-refractivity contribution in [2.45, 2.75) is 51.0 Å². The van der Waals surface area contributed by atoms with Crippen LogP contribution in [0.15, 0.2) is 57.9 Å². The molecule has 0 saturated heterocycles. The fourth-order valence-corrected chi connectivity index (χ4v) is 5.49. The molecule has 0 spiro atoms. The molecular weight excluding hydrogens is 522 g/mol. The van der Waals surface area contributed by atoms with Crippen molar-refractivity contribution in [2.75, 3.05) is 11.3 Å². The van der Waals surface area contributed by atoms with E-state index in [1.807, 2.05) is 0 Å². The second-order valence-corrected chi connectivity index (χ2v) is 11.7. The first-order valence-corrected chi connectivity index (χ1v) is 13.6. The second-order valence-electron chi connectivity index (χ2n) is 9.07. The number of benzene rings is 2. The SMILES string of the molecule is CC1CCC(C(C)C)C(OC(=O)COC(=O)c2ccc(NS(=O)(=O)c3ccc(Br)cc3)cc2)C1. The van der Waals surface area contributed by atoms with Gasteiger partial charge in [0.2, 0.25) is 0 Å². The summed E-state index contributed by atoms with van der Waals surface area (Å²) in [6.45, 7) is 5.95. The molecule has 3 unspecified atom stereocenters. The van der Waals surface area contributed by atoms with Gasteiger partial charge >= 0.3 is 11.9 Å². The maximum absolute atomic E-state index is 12.5. The van der Waals surface area contributed by atoms with Gasteiger partial charge in [0.15, 0.2) is 6.61 Å². The molecule has 3 atom stereocenters. The quantitative estimate of drug-likeness (QED) is 0.440. The van der Waals surface area contributed by atoms with Crippen molar-refractivity contribution in [1.29, 1.82) is 0 Å². The molecule has 7 nitrogen and oxygen atoms in total. The summed E-state index contributed by atoms with van der Waals surface area (Å²) in [5, 5.41) is 0. The van der Waals surface area contributed by atoms with Gasteiger partial charge in [-0.05, 0) is 79.1 Å². The van der Waals surface area contributed by atoms with Gasteiger partial charge in [-0.2, -0.15) is 0 Å². The maximum Gasteiger partial charge on any atom is 0.344 e. The number of hydrogen-bond acceptors (Lipinski definition) is 6. The Labute approximate surface area is 209 Å². The van der Waals surface area contributed by atoms with Crippen LogP contribution in [0.4, 0.5) is 5.69 Å². The maximum atomic E-state index is 12.5. The third-order valence-electron chi connectivity index (χ3n) is 6.06. The van der Waals surface area contributed by atoms with E-state index in [9.17, 15) is 18.0 Å². The van der Waals surface area contributed by atoms with E-state index in [1.165, 1.54) is 36.4 Å². The minimum absolute atomic E-state index is 0.116. The molecule has 2 aromatic rings. The Morgan fingerprint density at radius 1 is 1.06 bits per heavy atom. The van der Waals surface area contributed by atoms with Gasteiger partial charge in [0, 0.05) is 10.2 Å². The first kappa shape index (κ1) is 26.2. The zero-order valence-electron chi connectivity index (χ0n) is 19.5. The molecule has 0 amide bonds. The summed E-state index contributed by atoms with van der Waals surface area (Å²) in [5.41, 5.74) is 0.496. The van der Waals surface area contributed by atoms with Crippen LogP contribution in [0.25, 0.3) is 0 Å². The Morgan fingerprint density at radius 2 is 1.71 bits per heavy atom. The number of rotatable bonds is 8. The topological polar surface area (TPSA) is 98.8 Å². The van der Waals surface area contributed by atoms with Crippen LogP contribution in [-0.2, 0) is 24.3 Å². The highest BCUT2D eigenvalue weighted by Gasteiger charge is 2.33. The first-order valence-electron chi connectivity index (χ1n) is 11.3. The summed E-state index contributed by atoms with van der Waals surface area (Å²) in [5.74, 6) is -0.0270. The molecular formula is C25H30BrNO6S. The monoisotopic (exact) mass is 551 g/mol. The largest absolute Gasteiger partial charge is 0.460 e. The highest BCUT2D eigenvalue weighted by Crippen LogP contribution is 2.35. The summed E-state index contributed by atoms with van der Waals surface area (Å²) in [6, 6.07) is 12.0. The van der Waals surface area contributed by atoms with Gasteiger partial charge in [-0.1, -0.05) is 43.1 Å². The number of anilines is 1. The van der Waals surface area contributed by atoms with Crippen LogP contribution in [0.1, 0.15) is 50.4 Å². The van der Waals surface area contributed by atoms with E-state index in [4.69, 9.17) is 9.47 Å². The molecule has 9 heteroatoms. The zero-order chi connectivity index (χ0) is 24.9. The van der Waals surface area contributed by atoms with Crippen molar-refractivity contribution in [2.24, 2.45) is 17.8 Å². The molecule has 0 aromatic heterocycles. The molecule has 3 rings (SSSR count). The number of sulfonamides is 1. The summed E-state index contributed by atoms with van der Waals surface area (Å²) in [7, 11) is -3.76. The Balaban J connectivity index is 1.53. The van der Waals surface area contributed by atoms with E-state index in [0.29, 0.717) is 23.4 Å². The predicted molar refractivity (Wildman–Crippen MR) is 133 cm³/mol. The lowest BCUT2D eigenvalue weighted by atomic mass is 9.75. The molecule has 1 N–H and O–H groups in total. The molecule has 0 bridgehead atoms. The summed E-state index contributed by atoms with van der Waals surface area (Å²) in [6.07, 6.45) is 2.81. The van der Waals surface area contributed by atoms with Crippen molar-refractivity contribution in [1.82, 2.24) is 0 Å². The highest BCUT2D eigenvalue weighted by atomic mass is 79.9. The normalized spacial score (nSPS) is 20.6. The number of esters is 2. The standard InChI is InChI=1S/C25H30BrNO6S/c1-16(2)22-13-4-17(3)14-23(22)33-24(28)15-32-25(29)18-5-9-20(10-6-18)27-34(30,31)21-11-7-19(26)8-12-21/h5-12,16-17,22-23,27H,4,13-15H2,1-3H3. The number of carbonyl (C=O) groups excluding carboxylic acids is 2. The first-order chi connectivity index (χ1) is 16.0. The van der Waals surface area contributed by atoms with Crippen LogP contribution in [-0.4, -0.2) is 33.1 Å². The lowest BCUT2D eigenvalue weighted by molar-refractivity contribution is -0.159. The van der Waals surface area contributed by atoms with Crippen molar-refractivity contribution in [3.63, 3.8) is 0 Å². The van der Waals surface area contributed by atoms with E-state index >= 15 is 0 Å². The van der Waals surface area contributed by atoms with E-state index in [-0.39, 0.29) is 16.6 Å². The summed E-state index contributed by atoms with van der Waals surface area (Å²) in [4.78, 5) is 24.8. The van der Waals surface area contributed by atoms with Gasteiger partial charge in [-0.25, -0.2) is 18.0 Å². The lowest BCUT2D eigenvalue weighted by Gasteiger charge is -2.36. The van der Waals surface area contributed by atoms with Gasteiger partial charge in [-0.15, -0.1) is 0 Å². The molecule has 184 valence electrons. The molecule has 1 fully saturated rings. The van der Waals surface area contributed by atoms with Crippen LogP contribution in [0.2, 0.25) is 0 Å². The van der Waals surface area contributed by atoms with E-state index in [2.05, 4.69) is 41.4 Å². The van der Waals surface area contributed by atoms with Crippen LogP contribution < -0.4 is 4.72 Å². The fourth-order valence-electron chi connectivity index (χ4n) is 4.16. The number of carbonyl (C=O) groups is 2.